The highest BCUT2D eigenvalue weighted by Crippen LogP contribution is 2.25. The van der Waals surface area contributed by atoms with E-state index in [1.165, 1.54) is 5.56 Å². The lowest BCUT2D eigenvalue weighted by atomic mass is 9.87. The Kier molecular flexibility index (Phi) is 3.71. The van der Waals surface area contributed by atoms with E-state index in [1.807, 2.05) is 44.3 Å². The first kappa shape index (κ1) is 14.4. The molecule has 0 fully saturated rings. The SMILES string of the molecule is Cc1c[nH]c(C)c1C(=O)Oc1ccc(C(C)(C)C)cc1. The maximum atomic E-state index is 12.2. The highest BCUT2D eigenvalue weighted by molar-refractivity contribution is 5.93. The van der Waals surface area contributed by atoms with Crippen LogP contribution in [0.3, 0.4) is 0 Å². The molecule has 0 saturated heterocycles. The number of hydrogen-bond acceptors (Lipinski definition) is 2. The van der Waals surface area contributed by atoms with Crippen molar-refractivity contribution in [2.24, 2.45) is 0 Å². The van der Waals surface area contributed by atoms with E-state index in [1.54, 1.807) is 0 Å². The van der Waals surface area contributed by atoms with Gasteiger partial charge in [0.25, 0.3) is 0 Å². The maximum Gasteiger partial charge on any atom is 0.345 e. The summed E-state index contributed by atoms with van der Waals surface area (Å²) in [7, 11) is 0. The molecule has 0 saturated carbocycles. The highest BCUT2D eigenvalue weighted by atomic mass is 16.5. The van der Waals surface area contributed by atoms with E-state index < -0.39 is 0 Å². The summed E-state index contributed by atoms with van der Waals surface area (Å²) < 4.78 is 5.43. The number of esters is 1. The maximum absolute atomic E-state index is 12.2. The average Bonchev–Trinajstić information content (AvgIpc) is 2.68. The molecular formula is C17H21NO2. The van der Waals surface area contributed by atoms with Gasteiger partial charge in [-0.05, 0) is 42.5 Å². The van der Waals surface area contributed by atoms with Gasteiger partial charge in [0.2, 0.25) is 0 Å². The van der Waals surface area contributed by atoms with E-state index in [-0.39, 0.29) is 11.4 Å². The molecule has 0 amide bonds. The zero-order valence-electron chi connectivity index (χ0n) is 12.7. The summed E-state index contributed by atoms with van der Waals surface area (Å²) in [6, 6.07) is 7.69. The normalized spacial score (nSPS) is 11.4. The van der Waals surface area contributed by atoms with E-state index in [9.17, 15) is 4.79 Å². The Morgan fingerprint density at radius 1 is 1.10 bits per heavy atom. The van der Waals surface area contributed by atoms with Crippen molar-refractivity contribution in [3.05, 3.63) is 52.8 Å². The predicted octanol–water partition coefficient (Wildman–Crippen LogP) is 4.15. The molecule has 0 bridgehead atoms. The number of H-pyrrole nitrogens is 1. The first-order chi connectivity index (χ1) is 9.29. The molecule has 0 aliphatic heterocycles. The fraction of sp³-hybridized carbons (Fsp3) is 0.353. The molecule has 106 valence electrons. The van der Waals surface area contributed by atoms with Crippen LogP contribution in [-0.2, 0) is 5.41 Å². The third-order valence-electron chi connectivity index (χ3n) is 3.41. The van der Waals surface area contributed by atoms with Crippen LogP contribution in [0.15, 0.2) is 30.5 Å². The van der Waals surface area contributed by atoms with Crippen molar-refractivity contribution in [3.8, 4) is 5.75 Å². The summed E-state index contributed by atoms with van der Waals surface area (Å²) >= 11 is 0. The number of aromatic nitrogens is 1. The number of hydrogen-bond donors (Lipinski definition) is 1. The Balaban J connectivity index is 2.17. The van der Waals surface area contributed by atoms with Crippen LogP contribution in [0.25, 0.3) is 0 Å². The van der Waals surface area contributed by atoms with Gasteiger partial charge in [-0.15, -0.1) is 0 Å². The summed E-state index contributed by atoms with van der Waals surface area (Å²) in [5.74, 6) is 0.257. The summed E-state index contributed by atoms with van der Waals surface area (Å²) in [5, 5.41) is 0. The third-order valence-corrected chi connectivity index (χ3v) is 3.41. The van der Waals surface area contributed by atoms with Crippen LogP contribution in [0, 0.1) is 13.8 Å². The van der Waals surface area contributed by atoms with Gasteiger partial charge in [0, 0.05) is 11.9 Å². The van der Waals surface area contributed by atoms with Crippen molar-refractivity contribution in [2.75, 3.05) is 0 Å². The molecule has 20 heavy (non-hydrogen) atoms. The van der Waals surface area contributed by atoms with E-state index in [0.717, 1.165) is 11.3 Å². The molecule has 0 aliphatic carbocycles. The number of nitrogens with one attached hydrogen (secondary N) is 1. The van der Waals surface area contributed by atoms with E-state index in [0.29, 0.717) is 11.3 Å². The zero-order valence-corrected chi connectivity index (χ0v) is 12.7. The molecule has 0 spiro atoms. The second kappa shape index (κ2) is 5.16. The lowest BCUT2D eigenvalue weighted by Gasteiger charge is -2.19. The van der Waals surface area contributed by atoms with Crippen LogP contribution in [0.4, 0.5) is 0 Å². The number of ether oxygens (including phenoxy) is 1. The van der Waals surface area contributed by atoms with Crippen molar-refractivity contribution in [2.45, 2.75) is 40.0 Å². The van der Waals surface area contributed by atoms with Crippen molar-refractivity contribution < 1.29 is 9.53 Å². The Bertz CT molecular complexity index is 596. The van der Waals surface area contributed by atoms with Gasteiger partial charge in [-0.25, -0.2) is 4.79 Å². The molecule has 1 N–H and O–H groups in total. The molecule has 1 aromatic heterocycles. The molecule has 0 radical (unpaired) electrons. The molecule has 1 aromatic carbocycles. The smallest absolute Gasteiger partial charge is 0.345 e. The highest BCUT2D eigenvalue weighted by Gasteiger charge is 2.17. The Morgan fingerprint density at radius 2 is 1.70 bits per heavy atom. The van der Waals surface area contributed by atoms with Crippen molar-refractivity contribution in [3.63, 3.8) is 0 Å². The van der Waals surface area contributed by atoms with Gasteiger partial charge >= 0.3 is 5.97 Å². The second-order valence-corrected chi connectivity index (χ2v) is 6.14. The fourth-order valence-electron chi connectivity index (χ4n) is 2.15. The largest absolute Gasteiger partial charge is 0.423 e. The van der Waals surface area contributed by atoms with E-state index in [2.05, 4.69) is 25.8 Å². The zero-order chi connectivity index (χ0) is 14.9. The van der Waals surface area contributed by atoms with Crippen molar-refractivity contribution in [1.82, 2.24) is 4.98 Å². The van der Waals surface area contributed by atoms with Crippen LogP contribution >= 0.6 is 0 Å². The van der Waals surface area contributed by atoms with Gasteiger partial charge in [-0.1, -0.05) is 32.9 Å². The predicted molar refractivity (Wildman–Crippen MR) is 80.4 cm³/mol. The summed E-state index contributed by atoms with van der Waals surface area (Å²) in [4.78, 5) is 15.2. The summed E-state index contributed by atoms with van der Waals surface area (Å²) in [6.45, 7) is 10.2. The Labute approximate surface area is 120 Å². The average molecular weight is 271 g/mol. The minimum absolute atomic E-state index is 0.0936. The van der Waals surface area contributed by atoms with Gasteiger partial charge in [-0.2, -0.15) is 0 Å². The standard InChI is InChI=1S/C17H21NO2/c1-11-10-18-12(2)15(11)16(19)20-14-8-6-13(7-9-14)17(3,4)5/h6-10,18H,1-5H3. The van der Waals surface area contributed by atoms with Crippen LogP contribution < -0.4 is 4.74 Å². The molecule has 0 unspecified atom stereocenters. The lowest BCUT2D eigenvalue weighted by Crippen LogP contribution is -2.12. The molecular weight excluding hydrogens is 250 g/mol. The van der Waals surface area contributed by atoms with E-state index in [4.69, 9.17) is 4.74 Å². The second-order valence-electron chi connectivity index (χ2n) is 6.14. The van der Waals surface area contributed by atoms with Crippen molar-refractivity contribution >= 4 is 5.97 Å². The number of carbonyl (C=O) groups is 1. The number of rotatable bonds is 2. The van der Waals surface area contributed by atoms with Crippen LogP contribution in [0.5, 0.6) is 5.75 Å². The first-order valence-electron chi connectivity index (χ1n) is 6.76. The summed E-state index contributed by atoms with van der Waals surface area (Å²) in [6.07, 6.45) is 1.81. The topological polar surface area (TPSA) is 42.1 Å². The van der Waals surface area contributed by atoms with Crippen LogP contribution in [-0.4, -0.2) is 11.0 Å². The molecule has 0 aliphatic rings. The molecule has 1 heterocycles. The third kappa shape index (κ3) is 2.93. The molecule has 2 aromatic rings. The molecule has 3 nitrogen and oxygen atoms in total. The number of aromatic amines is 1. The Morgan fingerprint density at radius 3 is 2.15 bits per heavy atom. The van der Waals surface area contributed by atoms with Crippen molar-refractivity contribution in [1.29, 1.82) is 0 Å². The van der Waals surface area contributed by atoms with Gasteiger partial charge < -0.3 is 9.72 Å². The van der Waals surface area contributed by atoms with Crippen LogP contribution in [0.1, 0.15) is 48.0 Å². The Hall–Kier alpha value is -2.03. The minimum Gasteiger partial charge on any atom is -0.423 e. The molecule has 3 heteroatoms. The van der Waals surface area contributed by atoms with E-state index >= 15 is 0 Å². The van der Waals surface area contributed by atoms with Crippen LogP contribution in [0.2, 0.25) is 0 Å². The fourth-order valence-corrected chi connectivity index (χ4v) is 2.15. The summed E-state index contributed by atoms with van der Waals surface area (Å²) in [5.41, 5.74) is 3.66. The van der Waals surface area contributed by atoms with Gasteiger partial charge in [-0.3, -0.25) is 0 Å². The monoisotopic (exact) mass is 271 g/mol. The number of carbonyl (C=O) groups excluding carboxylic acids is 1. The first-order valence-corrected chi connectivity index (χ1v) is 6.76. The molecule has 2 rings (SSSR count). The number of aryl methyl sites for hydroxylation is 2. The van der Waals surface area contributed by atoms with Gasteiger partial charge in [0.15, 0.2) is 0 Å². The van der Waals surface area contributed by atoms with Gasteiger partial charge in [0.05, 0.1) is 5.56 Å². The number of benzene rings is 1. The molecule has 0 atom stereocenters. The minimum atomic E-state index is -0.315. The lowest BCUT2D eigenvalue weighted by molar-refractivity contribution is 0.0733. The quantitative estimate of drug-likeness (QED) is 0.658. The van der Waals surface area contributed by atoms with Gasteiger partial charge in [0.1, 0.15) is 5.75 Å².